The maximum absolute atomic E-state index is 12.0. The van der Waals surface area contributed by atoms with E-state index in [9.17, 15) is 13.2 Å². The van der Waals surface area contributed by atoms with Gasteiger partial charge in [-0.25, -0.2) is 0 Å². The van der Waals surface area contributed by atoms with Gasteiger partial charge in [-0.1, -0.05) is 24.4 Å². The van der Waals surface area contributed by atoms with Gasteiger partial charge in [0.05, 0.1) is 11.0 Å². The summed E-state index contributed by atoms with van der Waals surface area (Å²) in [5.41, 5.74) is 6.38. The van der Waals surface area contributed by atoms with Crippen molar-refractivity contribution in [2.24, 2.45) is 5.73 Å². The summed E-state index contributed by atoms with van der Waals surface area (Å²) in [6.07, 6.45) is -4.67. The van der Waals surface area contributed by atoms with Crippen LogP contribution in [-0.2, 0) is 6.54 Å². The van der Waals surface area contributed by atoms with E-state index >= 15 is 0 Å². The number of halogens is 3. The van der Waals surface area contributed by atoms with E-state index in [-0.39, 0.29) is 11.8 Å². The van der Waals surface area contributed by atoms with Crippen LogP contribution in [0.1, 0.15) is 12.5 Å². The van der Waals surface area contributed by atoms with Crippen LogP contribution in [0.4, 0.5) is 13.2 Å². The third-order valence-corrected chi connectivity index (χ3v) is 3.00. The van der Waals surface area contributed by atoms with Crippen molar-refractivity contribution >= 4 is 17.2 Å². The van der Waals surface area contributed by atoms with Crippen molar-refractivity contribution in [2.45, 2.75) is 25.9 Å². The highest BCUT2D eigenvalue weighted by atomic mass is 32.1. The highest BCUT2D eigenvalue weighted by Gasteiger charge is 2.30. The zero-order valence-corrected chi connectivity index (χ0v) is 11.4. The Kier molecular flexibility index (Phi) is 5.13. The molecule has 1 aromatic rings. The van der Waals surface area contributed by atoms with Crippen LogP contribution >= 0.6 is 12.2 Å². The number of hydrogen-bond donors (Lipinski definition) is 1. The van der Waals surface area contributed by atoms with Crippen LogP contribution in [0.2, 0.25) is 0 Å². The molecule has 19 heavy (non-hydrogen) atoms. The molecule has 0 fully saturated rings. The molecular formula is C12H15F3N2OS. The van der Waals surface area contributed by atoms with Gasteiger partial charge in [0.2, 0.25) is 0 Å². The zero-order valence-electron chi connectivity index (χ0n) is 10.6. The number of rotatable bonds is 5. The van der Waals surface area contributed by atoms with E-state index in [2.05, 4.69) is 4.74 Å². The van der Waals surface area contributed by atoms with Gasteiger partial charge in [0, 0.05) is 6.54 Å². The second kappa shape index (κ2) is 6.21. The van der Waals surface area contributed by atoms with Crippen LogP contribution in [0, 0.1) is 0 Å². The molecule has 106 valence electrons. The van der Waals surface area contributed by atoms with Crippen LogP contribution in [0.15, 0.2) is 24.3 Å². The van der Waals surface area contributed by atoms with E-state index in [0.29, 0.717) is 11.5 Å². The number of hydrogen-bond acceptors (Lipinski definition) is 3. The number of ether oxygens (including phenoxy) is 1. The second-order valence-corrected chi connectivity index (χ2v) is 4.66. The van der Waals surface area contributed by atoms with Gasteiger partial charge in [-0.15, -0.1) is 13.2 Å². The number of nitrogens with zero attached hydrogens (tertiary/aromatic N) is 1. The predicted molar refractivity (Wildman–Crippen MR) is 70.8 cm³/mol. The Bertz CT molecular complexity index is 434. The summed E-state index contributed by atoms with van der Waals surface area (Å²) in [5, 5.41) is 0. The highest BCUT2D eigenvalue weighted by Crippen LogP contribution is 2.23. The van der Waals surface area contributed by atoms with Crippen molar-refractivity contribution in [1.82, 2.24) is 4.90 Å². The van der Waals surface area contributed by atoms with Crippen molar-refractivity contribution in [3.05, 3.63) is 29.8 Å². The fourth-order valence-corrected chi connectivity index (χ4v) is 1.62. The SMILES string of the molecule is CC(C(N)=S)N(C)Cc1ccc(OC(F)(F)F)cc1. The lowest BCUT2D eigenvalue weighted by Crippen LogP contribution is -2.38. The average Bonchev–Trinajstić information content (AvgIpc) is 2.28. The first-order chi connectivity index (χ1) is 8.69. The molecule has 3 nitrogen and oxygen atoms in total. The second-order valence-electron chi connectivity index (χ2n) is 4.19. The fraction of sp³-hybridized carbons (Fsp3) is 0.417. The minimum absolute atomic E-state index is 0.0823. The summed E-state index contributed by atoms with van der Waals surface area (Å²) < 4.78 is 39.8. The molecular weight excluding hydrogens is 277 g/mol. The molecule has 7 heteroatoms. The van der Waals surface area contributed by atoms with Crippen LogP contribution in [-0.4, -0.2) is 29.3 Å². The van der Waals surface area contributed by atoms with Crippen LogP contribution in [0.3, 0.4) is 0 Å². The van der Waals surface area contributed by atoms with E-state index in [0.717, 1.165) is 5.56 Å². The lowest BCUT2D eigenvalue weighted by Gasteiger charge is -2.23. The molecule has 0 aliphatic heterocycles. The third-order valence-electron chi connectivity index (χ3n) is 2.66. The van der Waals surface area contributed by atoms with Gasteiger partial charge >= 0.3 is 6.36 Å². The van der Waals surface area contributed by atoms with Crippen molar-refractivity contribution in [2.75, 3.05) is 7.05 Å². The molecule has 1 atom stereocenters. The summed E-state index contributed by atoms with van der Waals surface area (Å²) in [4.78, 5) is 2.28. The summed E-state index contributed by atoms with van der Waals surface area (Å²) in [6.45, 7) is 2.40. The monoisotopic (exact) mass is 292 g/mol. The predicted octanol–water partition coefficient (Wildman–Crippen LogP) is 2.69. The molecule has 0 aromatic heterocycles. The van der Waals surface area contributed by atoms with Gasteiger partial charge in [-0.2, -0.15) is 0 Å². The smallest absolute Gasteiger partial charge is 0.406 e. The van der Waals surface area contributed by atoms with Gasteiger partial charge in [0.1, 0.15) is 5.75 Å². The average molecular weight is 292 g/mol. The first-order valence-corrected chi connectivity index (χ1v) is 5.94. The molecule has 0 aliphatic carbocycles. The number of alkyl halides is 3. The number of nitrogens with two attached hydrogens (primary N) is 1. The van der Waals surface area contributed by atoms with Crippen molar-refractivity contribution < 1.29 is 17.9 Å². The van der Waals surface area contributed by atoms with E-state index < -0.39 is 6.36 Å². The van der Waals surface area contributed by atoms with E-state index in [1.807, 2.05) is 18.9 Å². The number of likely N-dealkylation sites (N-methyl/N-ethyl adjacent to an activating group) is 1. The lowest BCUT2D eigenvalue weighted by molar-refractivity contribution is -0.274. The molecule has 2 N–H and O–H groups in total. The van der Waals surface area contributed by atoms with Crippen molar-refractivity contribution in [1.29, 1.82) is 0 Å². The Morgan fingerprint density at radius 2 is 1.89 bits per heavy atom. The molecule has 0 spiro atoms. The quantitative estimate of drug-likeness (QED) is 0.847. The minimum atomic E-state index is -4.67. The van der Waals surface area contributed by atoms with Gasteiger partial charge < -0.3 is 10.5 Å². The molecule has 1 rings (SSSR count). The molecule has 0 amide bonds. The Morgan fingerprint density at radius 1 is 1.37 bits per heavy atom. The van der Waals surface area contributed by atoms with Gasteiger partial charge in [-0.05, 0) is 31.7 Å². The third kappa shape index (κ3) is 5.44. The molecule has 1 unspecified atom stereocenters. The molecule has 0 saturated carbocycles. The van der Waals surface area contributed by atoms with E-state index in [4.69, 9.17) is 18.0 Å². The normalized spacial score (nSPS) is 13.4. The van der Waals surface area contributed by atoms with Crippen LogP contribution in [0.25, 0.3) is 0 Å². The number of thiocarbonyl (C=S) groups is 1. The van der Waals surface area contributed by atoms with Crippen LogP contribution < -0.4 is 10.5 Å². The first kappa shape index (κ1) is 15.7. The largest absolute Gasteiger partial charge is 0.573 e. The molecule has 0 saturated heterocycles. The first-order valence-electron chi connectivity index (χ1n) is 5.53. The highest BCUT2D eigenvalue weighted by molar-refractivity contribution is 7.80. The molecule has 0 aliphatic rings. The van der Waals surface area contributed by atoms with E-state index in [1.165, 1.54) is 12.1 Å². The standard InChI is InChI=1S/C12H15F3N2OS/c1-8(11(16)19)17(2)7-9-3-5-10(6-4-9)18-12(13,14)15/h3-6,8H,7H2,1-2H3,(H2,16,19). The lowest BCUT2D eigenvalue weighted by atomic mass is 10.2. The van der Waals surface area contributed by atoms with Gasteiger partial charge in [-0.3, -0.25) is 4.90 Å². The Balaban J connectivity index is 2.64. The van der Waals surface area contributed by atoms with Crippen molar-refractivity contribution in [3.63, 3.8) is 0 Å². The fourth-order valence-electron chi connectivity index (χ4n) is 1.44. The Morgan fingerprint density at radius 3 is 2.32 bits per heavy atom. The summed E-state index contributed by atoms with van der Waals surface area (Å²) in [6, 6.07) is 5.62. The summed E-state index contributed by atoms with van der Waals surface area (Å²) in [7, 11) is 1.84. The van der Waals surface area contributed by atoms with Crippen molar-refractivity contribution in [3.8, 4) is 5.75 Å². The maximum atomic E-state index is 12.0. The minimum Gasteiger partial charge on any atom is -0.406 e. The molecule has 0 bridgehead atoms. The Labute approximate surface area is 115 Å². The van der Waals surface area contributed by atoms with Gasteiger partial charge in [0.15, 0.2) is 0 Å². The topological polar surface area (TPSA) is 38.5 Å². The molecule has 0 heterocycles. The zero-order chi connectivity index (χ0) is 14.6. The Hall–Kier alpha value is -1.34. The summed E-state index contributed by atoms with van der Waals surface area (Å²) >= 11 is 4.88. The molecule has 0 radical (unpaired) electrons. The number of benzene rings is 1. The van der Waals surface area contributed by atoms with Gasteiger partial charge in [0.25, 0.3) is 0 Å². The van der Waals surface area contributed by atoms with Crippen LogP contribution in [0.5, 0.6) is 5.75 Å². The summed E-state index contributed by atoms with van der Waals surface area (Å²) in [5.74, 6) is -0.235. The van der Waals surface area contributed by atoms with E-state index in [1.54, 1.807) is 12.1 Å². The maximum Gasteiger partial charge on any atom is 0.573 e. The molecule has 1 aromatic carbocycles.